The van der Waals surface area contributed by atoms with Crippen LogP contribution in [0.1, 0.15) is 58.9 Å². The molecule has 1 aromatic heterocycles. The molecule has 2 saturated heterocycles. The van der Waals surface area contributed by atoms with Crippen molar-refractivity contribution < 1.29 is 28.5 Å². The van der Waals surface area contributed by atoms with Gasteiger partial charge in [0, 0.05) is 56.0 Å². The number of carbonyl (C=O) groups excluding carboxylic acids is 1. The number of allylic oxidation sites excluding steroid dienone is 1. The molecule has 0 aliphatic carbocycles. The first-order valence-corrected chi connectivity index (χ1v) is 16.2. The molecule has 3 aromatic rings. The third-order valence-electron chi connectivity index (χ3n) is 8.91. The zero-order chi connectivity index (χ0) is 33.2. The van der Waals surface area contributed by atoms with Gasteiger partial charge < -0.3 is 33.9 Å². The maximum Gasteiger partial charge on any atom is 0.225 e. The Morgan fingerprint density at radius 2 is 1.85 bits per heavy atom. The Labute approximate surface area is 274 Å². The lowest BCUT2D eigenvalue weighted by Crippen LogP contribution is -2.52. The highest BCUT2D eigenvalue weighted by Crippen LogP contribution is 2.39. The molecule has 250 valence electrons. The molecule has 1 amide bonds. The van der Waals surface area contributed by atoms with Crippen molar-refractivity contribution in [2.75, 3.05) is 60.8 Å². The number of fused-ring (bicyclic) bond motifs is 1. The fourth-order valence-corrected chi connectivity index (χ4v) is 5.42. The summed E-state index contributed by atoms with van der Waals surface area (Å²) in [6.07, 6.45) is 7.30. The standard InChI is InChI=1S/C30H35N3O5.C7H16O/c1-21(31-2)15-22-5-4-6-23(16-22)38-26-7-11-32-25-18-28(27(35-3)17-24(25)26)37-14-8-29(34)33-12-9-30(10-13-33)19-36-20-30;1-5-7(2,3)6-8-4/h4-7,11,15-18,31H,8-10,12-14,19-20H2,1-3H3;5-6H2,1-4H3/b21-15-;. The Bertz CT molecular complexity index is 1470. The highest BCUT2D eigenvalue weighted by atomic mass is 16.5. The van der Waals surface area contributed by atoms with Crippen LogP contribution in [0.3, 0.4) is 0 Å². The minimum atomic E-state index is 0.121. The number of nitrogens with zero attached hydrogens (tertiary/aromatic N) is 2. The van der Waals surface area contributed by atoms with E-state index >= 15 is 0 Å². The van der Waals surface area contributed by atoms with E-state index in [1.54, 1.807) is 20.4 Å². The molecule has 2 aliphatic rings. The number of aromatic nitrogens is 1. The third kappa shape index (κ3) is 9.36. The molecule has 3 heterocycles. The van der Waals surface area contributed by atoms with Crippen LogP contribution in [0, 0.1) is 10.8 Å². The van der Waals surface area contributed by atoms with Crippen LogP contribution in [-0.2, 0) is 14.3 Å². The van der Waals surface area contributed by atoms with E-state index in [1.807, 2.05) is 61.3 Å². The second kappa shape index (κ2) is 16.1. The molecule has 1 N–H and O–H groups in total. The molecule has 1 spiro atoms. The first kappa shape index (κ1) is 35.0. The lowest BCUT2D eigenvalue weighted by atomic mass is 9.77. The summed E-state index contributed by atoms with van der Waals surface area (Å²) in [5, 5.41) is 3.94. The maximum atomic E-state index is 12.7. The molecule has 0 unspecified atom stereocenters. The number of hydrogen-bond donors (Lipinski definition) is 1. The topological polar surface area (TPSA) is 91.4 Å². The zero-order valence-corrected chi connectivity index (χ0v) is 28.6. The molecule has 46 heavy (non-hydrogen) atoms. The van der Waals surface area contributed by atoms with E-state index in [0.717, 1.165) is 73.7 Å². The summed E-state index contributed by atoms with van der Waals surface area (Å²) in [7, 11) is 5.24. The molecular formula is C37H51N3O6. The number of nitrogens with one attached hydrogen (secondary N) is 1. The number of pyridine rings is 1. The number of hydrogen-bond acceptors (Lipinski definition) is 8. The number of piperidine rings is 1. The Morgan fingerprint density at radius 1 is 1.09 bits per heavy atom. The van der Waals surface area contributed by atoms with Gasteiger partial charge in [0.25, 0.3) is 0 Å². The molecule has 0 radical (unpaired) electrons. The fraction of sp³-hybridized carbons (Fsp3) is 0.514. The fourth-order valence-electron chi connectivity index (χ4n) is 5.42. The van der Waals surface area contributed by atoms with E-state index in [4.69, 9.17) is 23.7 Å². The van der Waals surface area contributed by atoms with Gasteiger partial charge >= 0.3 is 0 Å². The molecule has 0 atom stereocenters. The summed E-state index contributed by atoms with van der Waals surface area (Å²) in [6.45, 7) is 13.0. The average Bonchev–Trinajstić information content (AvgIpc) is 3.04. The van der Waals surface area contributed by atoms with Gasteiger partial charge in [0.15, 0.2) is 11.5 Å². The highest BCUT2D eigenvalue weighted by Gasteiger charge is 2.41. The second-order valence-corrected chi connectivity index (χ2v) is 13.0. The molecule has 2 aliphatic heterocycles. The molecule has 9 nitrogen and oxygen atoms in total. The number of rotatable bonds is 12. The zero-order valence-electron chi connectivity index (χ0n) is 28.6. The van der Waals surface area contributed by atoms with E-state index < -0.39 is 0 Å². The van der Waals surface area contributed by atoms with Crippen LogP contribution in [-0.4, -0.2) is 76.6 Å². The van der Waals surface area contributed by atoms with E-state index in [-0.39, 0.29) is 12.5 Å². The van der Waals surface area contributed by atoms with Crippen LogP contribution in [0.2, 0.25) is 0 Å². The van der Waals surface area contributed by atoms with Crippen molar-refractivity contribution in [2.45, 2.75) is 53.4 Å². The molecule has 9 heteroatoms. The van der Waals surface area contributed by atoms with Gasteiger partial charge in [-0.05, 0) is 67.5 Å². The first-order valence-electron chi connectivity index (χ1n) is 16.2. The van der Waals surface area contributed by atoms with Gasteiger partial charge in [-0.2, -0.15) is 0 Å². The van der Waals surface area contributed by atoms with E-state index in [9.17, 15) is 4.79 Å². The van der Waals surface area contributed by atoms with Crippen molar-refractivity contribution in [3.05, 3.63) is 59.9 Å². The van der Waals surface area contributed by atoms with Gasteiger partial charge in [-0.1, -0.05) is 32.9 Å². The number of likely N-dealkylation sites (tertiary alicyclic amines) is 1. The average molecular weight is 634 g/mol. The lowest BCUT2D eigenvalue weighted by Gasteiger charge is -2.47. The molecule has 0 bridgehead atoms. The minimum absolute atomic E-state index is 0.121. The van der Waals surface area contributed by atoms with Crippen molar-refractivity contribution in [3.8, 4) is 23.0 Å². The number of benzene rings is 2. The number of ether oxygens (including phenoxy) is 5. The first-order chi connectivity index (χ1) is 22.1. The van der Waals surface area contributed by atoms with Crippen LogP contribution >= 0.6 is 0 Å². The summed E-state index contributed by atoms with van der Waals surface area (Å²) in [4.78, 5) is 19.2. The molecule has 0 saturated carbocycles. The van der Waals surface area contributed by atoms with Crippen LogP contribution in [0.4, 0.5) is 0 Å². The van der Waals surface area contributed by atoms with Gasteiger partial charge in [0.2, 0.25) is 5.91 Å². The van der Waals surface area contributed by atoms with E-state index in [0.29, 0.717) is 34.5 Å². The summed E-state index contributed by atoms with van der Waals surface area (Å²) in [6, 6.07) is 13.4. The third-order valence-corrected chi connectivity index (χ3v) is 8.91. The molecule has 2 aromatic carbocycles. The van der Waals surface area contributed by atoms with Gasteiger partial charge in [-0.3, -0.25) is 9.78 Å². The predicted molar refractivity (Wildman–Crippen MR) is 183 cm³/mol. The summed E-state index contributed by atoms with van der Waals surface area (Å²) >= 11 is 0. The van der Waals surface area contributed by atoms with Gasteiger partial charge in [-0.25, -0.2) is 0 Å². The molecule has 2 fully saturated rings. The molecule has 5 rings (SSSR count). The van der Waals surface area contributed by atoms with E-state index in [1.165, 1.54) is 6.42 Å². The van der Waals surface area contributed by atoms with Crippen molar-refractivity contribution in [1.82, 2.24) is 15.2 Å². The maximum absolute atomic E-state index is 12.7. The van der Waals surface area contributed by atoms with Crippen LogP contribution in [0.15, 0.2) is 54.4 Å². The summed E-state index contributed by atoms with van der Waals surface area (Å²) in [5.74, 6) is 2.63. The largest absolute Gasteiger partial charge is 0.493 e. The lowest BCUT2D eigenvalue weighted by molar-refractivity contribution is -0.153. The SMILES string of the molecule is CCC(C)(C)COC.CN/C(C)=C\c1cccc(Oc2ccnc3cc(OCCC(=O)N4CCC5(CC4)COC5)c(OC)cc23)c1. The number of amides is 1. The van der Waals surface area contributed by atoms with Gasteiger partial charge in [-0.15, -0.1) is 0 Å². The summed E-state index contributed by atoms with van der Waals surface area (Å²) in [5.41, 5.74) is 3.50. The highest BCUT2D eigenvalue weighted by molar-refractivity contribution is 5.88. The number of methoxy groups -OCH3 is 2. The Balaban J connectivity index is 0.000000533. The second-order valence-electron chi connectivity index (χ2n) is 13.0. The molecular weight excluding hydrogens is 582 g/mol. The van der Waals surface area contributed by atoms with Crippen LogP contribution in [0.5, 0.6) is 23.0 Å². The number of carbonyl (C=O) groups is 1. The summed E-state index contributed by atoms with van der Waals surface area (Å²) < 4.78 is 28.3. The minimum Gasteiger partial charge on any atom is -0.493 e. The normalized spacial score (nSPS) is 15.9. The Hall–Kier alpha value is -3.82. The van der Waals surface area contributed by atoms with Crippen molar-refractivity contribution in [3.63, 3.8) is 0 Å². The van der Waals surface area contributed by atoms with E-state index in [2.05, 4.69) is 37.1 Å². The van der Waals surface area contributed by atoms with Crippen molar-refractivity contribution in [2.24, 2.45) is 10.8 Å². The Kier molecular flexibility index (Phi) is 12.3. The van der Waals surface area contributed by atoms with Crippen molar-refractivity contribution in [1.29, 1.82) is 0 Å². The smallest absolute Gasteiger partial charge is 0.225 e. The van der Waals surface area contributed by atoms with Crippen LogP contribution < -0.4 is 19.5 Å². The predicted octanol–water partition coefficient (Wildman–Crippen LogP) is 7.09. The Morgan fingerprint density at radius 3 is 2.46 bits per heavy atom. The monoisotopic (exact) mass is 633 g/mol. The van der Waals surface area contributed by atoms with Crippen molar-refractivity contribution >= 4 is 22.9 Å². The van der Waals surface area contributed by atoms with Gasteiger partial charge in [0.1, 0.15) is 11.5 Å². The quantitative estimate of drug-likeness (QED) is 0.226. The van der Waals surface area contributed by atoms with Gasteiger partial charge in [0.05, 0.1) is 45.5 Å². The van der Waals surface area contributed by atoms with Crippen LogP contribution in [0.25, 0.3) is 17.0 Å².